The van der Waals surface area contributed by atoms with E-state index in [1.165, 1.54) is 5.56 Å². The van der Waals surface area contributed by atoms with Crippen molar-refractivity contribution in [1.29, 1.82) is 0 Å². The number of hydrogen-bond acceptors (Lipinski definition) is 1. The van der Waals surface area contributed by atoms with E-state index < -0.39 is 0 Å². The molecule has 0 aliphatic rings. The van der Waals surface area contributed by atoms with E-state index >= 15 is 0 Å². The Labute approximate surface area is 79.7 Å². The monoisotopic (exact) mass is 174 g/mol. The summed E-state index contributed by atoms with van der Waals surface area (Å²) in [4.78, 5) is 0. The molecule has 0 amide bonds. The average Bonchev–Trinajstić information content (AvgIpc) is 2.15. The SMILES string of the molecule is C#CCCc1cccc(C)c1OC. The minimum atomic E-state index is 0.764. The van der Waals surface area contributed by atoms with Crippen molar-refractivity contribution in [1.82, 2.24) is 0 Å². The lowest BCUT2D eigenvalue weighted by molar-refractivity contribution is 0.406. The van der Waals surface area contributed by atoms with Crippen LogP contribution in [0.5, 0.6) is 5.75 Å². The van der Waals surface area contributed by atoms with Gasteiger partial charge in [-0.3, -0.25) is 0 Å². The Kier molecular flexibility index (Phi) is 3.40. The summed E-state index contributed by atoms with van der Waals surface area (Å²) in [5.41, 5.74) is 2.36. The fraction of sp³-hybridized carbons (Fsp3) is 0.333. The first kappa shape index (κ1) is 9.67. The third-order valence-electron chi connectivity index (χ3n) is 2.04. The van der Waals surface area contributed by atoms with Gasteiger partial charge in [-0.2, -0.15) is 0 Å². The molecule has 0 aliphatic heterocycles. The van der Waals surface area contributed by atoms with Crippen LogP contribution in [0.25, 0.3) is 0 Å². The maximum absolute atomic E-state index is 5.30. The number of para-hydroxylation sites is 1. The molecule has 0 aliphatic carbocycles. The van der Waals surface area contributed by atoms with Crippen LogP contribution in [-0.4, -0.2) is 7.11 Å². The van der Waals surface area contributed by atoms with Crippen LogP contribution in [0.3, 0.4) is 0 Å². The first-order valence-corrected chi connectivity index (χ1v) is 4.35. The van der Waals surface area contributed by atoms with E-state index in [1.807, 2.05) is 19.1 Å². The first-order valence-electron chi connectivity index (χ1n) is 4.35. The van der Waals surface area contributed by atoms with Gasteiger partial charge in [0, 0.05) is 6.42 Å². The average molecular weight is 174 g/mol. The predicted molar refractivity (Wildman–Crippen MR) is 54.9 cm³/mol. The number of rotatable bonds is 3. The predicted octanol–water partition coefficient (Wildman–Crippen LogP) is 2.57. The zero-order valence-electron chi connectivity index (χ0n) is 8.13. The van der Waals surface area contributed by atoms with Gasteiger partial charge in [-0.25, -0.2) is 0 Å². The van der Waals surface area contributed by atoms with Crippen LogP contribution in [0.2, 0.25) is 0 Å². The molecule has 0 saturated carbocycles. The molecule has 1 aromatic rings. The number of aryl methyl sites for hydroxylation is 2. The maximum atomic E-state index is 5.30. The summed E-state index contributed by atoms with van der Waals surface area (Å²) in [5, 5.41) is 0. The molecule has 0 unspecified atom stereocenters. The van der Waals surface area contributed by atoms with Crippen LogP contribution in [0.1, 0.15) is 17.5 Å². The molecule has 1 heteroatoms. The summed E-state index contributed by atoms with van der Waals surface area (Å²) in [6.45, 7) is 2.04. The molecule has 68 valence electrons. The van der Waals surface area contributed by atoms with Crippen molar-refractivity contribution in [2.75, 3.05) is 7.11 Å². The van der Waals surface area contributed by atoms with Crippen molar-refractivity contribution in [2.24, 2.45) is 0 Å². The lowest BCUT2D eigenvalue weighted by atomic mass is 10.1. The van der Waals surface area contributed by atoms with E-state index in [1.54, 1.807) is 7.11 Å². The van der Waals surface area contributed by atoms with Gasteiger partial charge in [-0.1, -0.05) is 18.2 Å². The number of ether oxygens (including phenoxy) is 1. The first-order chi connectivity index (χ1) is 6.29. The molecule has 1 rings (SSSR count). The Hall–Kier alpha value is -1.42. The van der Waals surface area contributed by atoms with Crippen molar-refractivity contribution in [3.63, 3.8) is 0 Å². The summed E-state index contributed by atoms with van der Waals surface area (Å²) >= 11 is 0. The molecule has 0 spiro atoms. The number of benzene rings is 1. The second-order valence-corrected chi connectivity index (χ2v) is 2.97. The Morgan fingerprint density at radius 1 is 1.46 bits per heavy atom. The van der Waals surface area contributed by atoms with Gasteiger partial charge in [0.25, 0.3) is 0 Å². The molecule has 0 radical (unpaired) electrons. The third kappa shape index (κ3) is 2.26. The fourth-order valence-electron chi connectivity index (χ4n) is 1.41. The Morgan fingerprint density at radius 2 is 2.23 bits per heavy atom. The van der Waals surface area contributed by atoms with E-state index in [9.17, 15) is 0 Å². The van der Waals surface area contributed by atoms with Gasteiger partial charge in [0.15, 0.2) is 0 Å². The summed E-state index contributed by atoms with van der Waals surface area (Å²) in [5.74, 6) is 3.60. The van der Waals surface area contributed by atoms with Crippen LogP contribution in [0, 0.1) is 19.3 Å². The molecule has 0 aromatic heterocycles. The largest absolute Gasteiger partial charge is 0.496 e. The van der Waals surface area contributed by atoms with E-state index in [0.717, 1.165) is 24.2 Å². The molecule has 1 aromatic carbocycles. The Morgan fingerprint density at radius 3 is 2.85 bits per heavy atom. The van der Waals surface area contributed by atoms with Gasteiger partial charge >= 0.3 is 0 Å². The van der Waals surface area contributed by atoms with Crippen molar-refractivity contribution in [3.05, 3.63) is 29.3 Å². The second-order valence-electron chi connectivity index (χ2n) is 2.97. The maximum Gasteiger partial charge on any atom is 0.124 e. The molecule has 0 heterocycles. The zero-order chi connectivity index (χ0) is 9.68. The number of methoxy groups -OCH3 is 1. The molecule has 0 N–H and O–H groups in total. The van der Waals surface area contributed by atoms with Crippen LogP contribution in [0.4, 0.5) is 0 Å². The number of terminal acetylenes is 1. The van der Waals surface area contributed by atoms with Gasteiger partial charge < -0.3 is 4.74 Å². The van der Waals surface area contributed by atoms with Gasteiger partial charge in [0.05, 0.1) is 7.11 Å². The van der Waals surface area contributed by atoms with Gasteiger partial charge in [-0.05, 0) is 24.5 Å². The second kappa shape index (κ2) is 4.57. The highest BCUT2D eigenvalue weighted by atomic mass is 16.5. The third-order valence-corrected chi connectivity index (χ3v) is 2.04. The summed E-state index contributed by atoms with van der Waals surface area (Å²) in [6, 6.07) is 6.13. The highest BCUT2D eigenvalue weighted by molar-refractivity contribution is 5.40. The van der Waals surface area contributed by atoms with Gasteiger partial charge in [0.1, 0.15) is 5.75 Å². The lowest BCUT2D eigenvalue weighted by Gasteiger charge is -2.09. The van der Waals surface area contributed by atoms with Crippen LogP contribution in [-0.2, 0) is 6.42 Å². The lowest BCUT2D eigenvalue weighted by Crippen LogP contribution is -1.94. The molecule has 0 bridgehead atoms. The number of hydrogen-bond donors (Lipinski definition) is 0. The summed E-state index contributed by atoms with van der Waals surface area (Å²) in [7, 11) is 1.70. The van der Waals surface area contributed by atoms with Crippen LogP contribution in [0.15, 0.2) is 18.2 Å². The van der Waals surface area contributed by atoms with E-state index in [-0.39, 0.29) is 0 Å². The molecule has 0 atom stereocenters. The summed E-state index contributed by atoms with van der Waals surface area (Å²) < 4.78 is 5.30. The van der Waals surface area contributed by atoms with Crippen molar-refractivity contribution in [3.8, 4) is 18.1 Å². The minimum Gasteiger partial charge on any atom is -0.496 e. The molecular weight excluding hydrogens is 160 g/mol. The van der Waals surface area contributed by atoms with Crippen LogP contribution < -0.4 is 4.74 Å². The highest BCUT2D eigenvalue weighted by Gasteiger charge is 2.03. The minimum absolute atomic E-state index is 0.764. The van der Waals surface area contributed by atoms with E-state index in [2.05, 4.69) is 12.0 Å². The molecule has 0 fully saturated rings. The standard InChI is InChI=1S/C12H14O/c1-4-5-8-11-9-6-7-10(2)12(11)13-3/h1,6-7,9H,5,8H2,2-3H3. The Bertz CT molecular complexity index is 320. The van der Waals surface area contributed by atoms with Crippen molar-refractivity contribution in [2.45, 2.75) is 19.8 Å². The zero-order valence-corrected chi connectivity index (χ0v) is 8.13. The van der Waals surface area contributed by atoms with Crippen molar-refractivity contribution < 1.29 is 4.74 Å². The van der Waals surface area contributed by atoms with Gasteiger partial charge in [-0.15, -0.1) is 12.3 Å². The molecule has 0 saturated heterocycles. The Balaban J connectivity index is 2.93. The smallest absolute Gasteiger partial charge is 0.124 e. The van der Waals surface area contributed by atoms with Crippen LogP contribution >= 0.6 is 0 Å². The fourth-order valence-corrected chi connectivity index (χ4v) is 1.41. The normalized spacial score (nSPS) is 9.31. The summed E-state index contributed by atoms with van der Waals surface area (Å²) in [6.07, 6.45) is 6.87. The van der Waals surface area contributed by atoms with E-state index in [0.29, 0.717) is 0 Å². The highest BCUT2D eigenvalue weighted by Crippen LogP contribution is 2.23. The quantitative estimate of drug-likeness (QED) is 0.640. The van der Waals surface area contributed by atoms with Crippen molar-refractivity contribution >= 4 is 0 Å². The topological polar surface area (TPSA) is 9.23 Å². The molecule has 1 nitrogen and oxygen atoms in total. The van der Waals surface area contributed by atoms with Gasteiger partial charge in [0.2, 0.25) is 0 Å². The van der Waals surface area contributed by atoms with E-state index in [4.69, 9.17) is 11.2 Å². The molecular formula is C12H14O. The molecule has 13 heavy (non-hydrogen) atoms.